The van der Waals surface area contributed by atoms with E-state index < -0.39 is 0 Å². The van der Waals surface area contributed by atoms with Crippen LogP contribution in [0.5, 0.6) is 0 Å². The Kier molecular flexibility index (Phi) is 9.29. The molecule has 110 valence electrons. The SMILES string of the molecule is CC[Se]c1sc(=S)sc1[Se][Se]c1sc(=S)sc1[Se]CC. The van der Waals surface area contributed by atoms with E-state index in [1.807, 2.05) is 45.3 Å². The number of rotatable bonds is 7. The molecule has 0 fully saturated rings. The van der Waals surface area contributed by atoms with E-state index in [-0.39, 0.29) is 0 Å². The van der Waals surface area contributed by atoms with Crippen LogP contribution in [0, 0.1) is 6.28 Å². The zero-order valence-corrected chi connectivity index (χ0v) is 22.2. The Labute approximate surface area is 169 Å². The Balaban J connectivity index is 2.12. The van der Waals surface area contributed by atoms with Crippen molar-refractivity contribution >= 4 is 141 Å². The van der Waals surface area contributed by atoms with Crippen molar-refractivity contribution in [2.24, 2.45) is 0 Å². The maximum atomic E-state index is 5.39. The van der Waals surface area contributed by atoms with Crippen molar-refractivity contribution in [2.75, 3.05) is 0 Å². The molecule has 0 nitrogen and oxygen atoms in total. The molecule has 0 aromatic carbocycles. The molecule has 2 rings (SSSR count). The van der Waals surface area contributed by atoms with Gasteiger partial charge < -0.3 is 0 Å². The van der Waals surface area contributed by atoms with E-state index in [4.69, 9.17) is 24.4 Å². The van der Waals surface area contributed by atoms with Crippen LogP contribution < -0.4 is 15.1 Å². The standard InChI is InChI=1S/C10H10S6Se4/c1-3-17-5-7(15-9(11)13-5)19-20-8-6(18-4-2)14-10(12)16-8/h3-4H2,1-2H3. The first-order valence-corrected chi connectivity index (χ1v) is 19.8. The molecule has 0 N–H and O–H groups in total. The van der Waals surface area contributed by atoms with E-state index >= 15 is 0 Å². The first-order valence-electron chi connectivity index (χ1n) is 5.52. The Hall–Kier alpha value is 2.62. The van der Waals surface area contributed by atoms with E-state index in [0.717, 1.165) is 6.28 Å². The molecule has 0 saturated carbocycles. The van der Waals surface area contributed by atoms with Crippen LogP contribution in [0.4, 0.5) is 0 Å². The van der Waals surface area contributed by atoms with E-state index in [1.54, 1.807) is 15.1 Å². The normalized spacial score (nSPS) is 11.1. The van der Waals surface area contributed by atoms with Crippen molar-refractivity contribution in [1.29, 1.82) is 0 Å². The van der Waals surface area contributed by atoms with Gasteiger partial charge in [0.05, 0.1) is 0 Å². The third-order valence-corrected chi connectivity index (χ3v) is 24.8. The second kappa shape index (κ2) is 9.80. The Morgan fingerprint density at radius 1 is 0.700 bits per heavy atom. The van der Waals surface area contributed by atoms with Crippen LogP contribution in [0.25, 0.3) is 0 Å². The third kappa shape index (κ3) is 5.61. The molecule has 0 unspecified atom stereocenters. The zero-order valence-electron chi connectivity index (χ0n) is 10.5. The summed E-state index contributed by atoms with van der Waals surface area (Å²) in [5, 5.41) is 2.57. The van der Waals surface area contributed by atoms with Crippen molar-refractivity contribution in [3.8, 4) is 0 Å². The average molecular weight is 638 g/mol. The molecular weight excluding hydrogens is 628 g/mol. The fourth-order valence-electron chi connectivity index (χ4n) is 1.13. The zero-order chi connectivity index (χ0) is 14.5. The van der Waals surface area contributed by atoms with Gasteiger partial charge in [0.25, 0.3) is 0 Å². The Morgan fingerprint density at radius 3 is 1.40 bits per heavy atom. The van der Waals surface area contributed by atoms with Gasteiger partial charge in [0, 0.05) is 0 Å². The van der Waals surface area contributed by atoms with Crippen LogP contribution in [0.15, 0.2) is 0 Å². The predicted octanol–water partition coefficient (Wildman–Crippen LogP) is 2.20. The minimum absolute atomic E-state index is 0.607. The van der Waals surface area contributed by atoms with E-state index in [9.17, 15) is 0 Å². The van der Waals surface area contributed by atoms with Crippen LogP contribution in [0.1, 0.15) is 13.8 Å². The second-order valence-electron chi connectivity index (χ2n) is 3.09. The molecule has 10 heteroatoms. The van der Waals surface area contributed by atoms with Gasteiger partial charge in [0.15, 0.2) is 0 Å². The predicted molar refractivity (Wildman–Crippen MR) is 109 cm³/mol. The molecule has 0 aliphatic heterocycles. The van der Waals surface area contributed by atoms with Crippen LogP contribution >= 0.6 is 69.8 Å². The van der Waals surface area contributed by atoms with Gasteiger partial charge in [-0.15, -0.1) is 0 Å². The second-order valence-corrected chi connectivity index (χ2v) is 23.3. The topological polar surface area (TPSA) is 0 Å². The maximum absolute atomic E-state index is 5.39. The molecule has 0 aliphatic carbocycles. The van der Waals surface area contributed by atoms with Gasteiger partial charge in [0.2, 0.25) is 0 Å². The van der Waals surface area contributed by atoms with Gasteiger partial charge in [-0.3, -0.25) is 0 Å². The Bertz CT molecular complexity index is 608. The molecule has 20 heavy (non-hydrogen) atoms. The first kappa shape index (κ1) is 18.9. The molecule has 0 radical (unpaired) electrons. The summed E-state index contributed by atoms with van der Waals surface area (Å²) in [6, 6.07) is 0. The molecule has 2 heterocycles. The summed E-state index contributed by atoms with van der Waals surface area (Å²) < 4.78 is 8.76. The molecule has 0 saturated heterocycles. The quantitative estimate of drug-likeness (QED) is 0.338. The summed E-state index contributed by atoms with van der Waals surface area (Å²) in [6.07, 6.45) is 0. The number of hydrogen-bond donors (Lipinski definition) is 0. The van der Waals surface area contributed by atoms with Gasteiger partial charge in [-0.05, 0) is 0 Å². The van der Waals surface area contributed by atoms with Crippen molar-refractivity contribution in [2.45, 2.75) is 24.5 Å². The summed E-state index contributed by atoms with van der Waals surface area (Å²) >= 11 is 20.8. The van der Waals surface area contributed by atoms with Crippen LogP contribution in [-0.4, -0.2) is 56.2 Å². The molecule has 2 aromatic heterocycles. The fourth-order valence-corrected chi connectivity index (χ4v) is 30.5. The van der Waals surface area contributed by atoms with Crippen molar-refractivity contribution in [3.63, 3.8) is 0 Å². The summed E-state index contributed by atoms with van der Waals surface area (Å²) in [6.45, 7) is 4.56. The van der Waals surface area contributed by atoms with Gasteiger partial charge in [-0.25, -0.2) is 0 Å². The van der Waals surface area contributed by atoms with Crippen LogP contribution in [0.2, 0.25) is 10.6 Å². The fraction of sp³-hybridized carbons (Fsp3) is 0.400. The summed E-state index contributed by atoms with van der Waals surface area (Å²) in [7, 11) is 0. The van der Waals surface area contributed by atoms with E-state index in [0.29, 0.717) is 56.2 Å². The third-order valence-electron chi connectivity index (χ3n) is 1.78. The van der Waals surface area contributed by atoms with Crippen LogP contribution in [-0.2, 0) is 0 Å². The number of hydrogen-bond acceptors (Lipinski definition) is 6. The first-order chi connectivity index (χ1) is 9.63. The van der Waals surface area contributed by atoms with Gasteiger partial charge >= 0.3 is 172 Å². The minimum atomic E-state index is 0.607. The molecular formula is C10H10S6Se4. The van der Waals surface area contributed by atoms with Gasteiger partial charge in [-0.1, -0.05) is 0 Å². The monoisotopic (exact) mass is 642 g/mol. The van der Waals surface area contributed by atoms with Crippen molar-refractivity contribution < 1.29 is 0 Å². The molecule has 0 spiro atoms. The summed E-state index contributed by atoms with van der Waals surface area (Å²) in [5.74, 6) is 0. The molecule has 0 amide bonds. The average Bonchev–Trinajstić information content (AvgIpc) is 2.91. The molecule has 0 bridgehead atoms. The van der Waals surface area contributed by atoms with E-state index in [1.165, 1.54) is 10.6 Å². The van der Waals surface area contributed by atoms with Crippen molar-refractivity contribution in [3.05, 3.63) is 6.28 Å². The summed E-state index contributed by atoms with van der Waals surface area (Å²) in [5.41, 5.74) is 0. The Morgan fingerprint density at radius 2 is 1.05 bits per heavy atom. The molecule has 0 atom stereocenters. The molecule has 2 aromatic rings. The van der Waals surface area contributed by atoms with E-state index in [2.05, 4.69) is 13.8 Å². The van der Waals surface area contributed by atoms with Gasteiger partial charge in [0.1, 0.15) is 0 Å². The summed E-state index contributed by atoms with van der Waals surface area (Å²) in [4.78, 5) is 0. The molecule has 0 aliphatic rings. The van der Waals surface area contributed by atoms with Gasteiger partial charge in [-0.2, -0.15) is 0 Å². The van der Waals surface area contributed by atoms with Crippen molar-refractivity contribution in [1.82, 2.24) is 0 Å². The van der Waals surface area contributed by atoms with Crippen LogP contribution in [0.3, 0.4) is 0 Å².